The number of benzene rings is 1. The van der Waals surface area contributed by atoms with E-state index < -0.39 is 6.10 Å². The van der Waals surface area contributed by atoms with Gasteiger partial charge in [0, 0.05) is 20.6 Å². The normalized spacial score (nSPS) is 12.1. The van der Waals surface area contributed by atoms with E-state index in [0.717, 1.165) is 25.1 Å². The molecule has 1 aromatic rings. The molecular formula is C15H23ClN2O2. The Hall–Kier alpha value is -1.26. The average molecular weight is 299 g/mol. The number of nitrogens with zero attached hydrogens (tertiary/aromatic N) is 1. The molecule has 1 atom stereocenters. The Morgan fingerprint density at radius 1 is 1.45 bits per heavy atom. The number of carbonyl (C=O) groups is 1. The molecule has 5 heteroatoms. The first-order valence-electron chi connectivity index (χ1n) is 6.82. The Bertz CT molecular complexity index is 449. The number of carbonyl (C=O) groups excluding carboxylic acids is 1. The van der Waals surface area contributed by atoms with E-state index in [1.165, 1.54) is 4.90 Å². The summed E-state index contributed by atoms with van der Waals surface area (Å²) >= 11 is 6.19. The summed E-state index contributed by atoms with van der Waals surface area (Å²) < 4.78 is 5.61. The van der Waals surface area contributed by atoms with Crippen LogP contribution >= 0.6 is 11.6 Å². The van der Waals surface area contributed by atoms with Crippen molar-refractivity contribution in [1.29, 1.82) is 0 Å². The van der Waals surface area contributed by atoms with E-state index in [1.807, 2.05) is 18.2 Å². The number of rotatable bonds is 7. The molecule has 20 heavy (non-hydrogen) atoms. The van der Waals surface area contributed by atoms with Crippen LogP contribution in [-0.2, 0) is 11.3 Å². The van der Waals surface area contributed by atoms with Crippen LogP contribution in [0.1, 0.15) is 25.8 Å². The summed E-state index contributed by atoms with van der Waals surface area (Å²) in [5.41, 5.74) is 1.10. The second-order valence-electron chi connectivity index (χ2n) is 4.93. The second-order valence-corrected chi connectivity index (χ2v) is 5.34. The summed E-state index contributed by atoms with van der Waals surface area (Å²) in [7, 11) is 3.40. The Morgan fingerprint density at radius 2 is 2.15 bits per heavy atom. The zero-order chi connectivity index (χ0) is 15.1. The third-order valence-electron chi connectivity index (χ3n) is 2.84. The number of halogens is 1. The van der Waals surface area contributed by atoms with Crippen LogP contribution in [0.25, 0.3) is 0 Å². The van der Waals surface area contributed by atoms with E-state index in [0.29, 0.717) is 10.8 Å². The van der Waals surface area contributed by atoms with E-state index in [2.05, 4.69) is 12.2 Å². The zero-order valence-electron chi connectivity index (χ0n) is 12.6. The van der Waals surface area contributed by atoms with E-state index in [1.54, 1.807) is 21.0 Å². The van der Waals surface area contributed by atoms with Gasteiger partial charge in [0.2, 0.25) is 0 Å². The number of amides is 1. The minimum Gasteiger partial charge on any atom is -0.479 e. The van der Waals surface area contributed by atoms with Gasteiger partial charge in [-0.1, -0.05) is 24.6 Å². The lowest BCUT2D eigenvalue weighted by Gasteiger charge is -2.19. The van der Waals surface area contributed by atoms with Crippen molar-refractivity contribution < 1.29 is 9.53 Å². The molecule has 1 N–H and O–H groups in total. The fourth-order valence-electron chi connectivity index (χ4n) is 1.76. The quantitative estimate of drug-likeness (QED) is 0.787. The van der Waals surface area contributed by atoms with Gasteiger partial charge in [-0.05, 0) is 37.6 Å². The van der Waals surface area contributed by atoms with Crippen molar-refractivity contribution in [2.75, 3.05) is 20.6 Å². The van der Waals surface area contributed by atoms with E-state index in [4.69, 9.17) is 16.3 Å². The van der Waals surface area contributed by atoms with Gasteiger partial charge in [-0.3, -0.25) is 4.79 Å². The molecule has 0 fully saturated rings. The van der Waals surface area contributed by atoms with Gasteiger partial charge >= 0.3 is 0 Å². The third-order valence-corrected chi connectivity index (χ3v) is 3.14. The highest BCUT2D eigenvalue weighted by Gasteiger charge is 2.17. The molecule has 1 aromatic carbocycles. The first-order chi connectivity index (χ1) is 9.45. The average Bonchev–Trinajstić information content (AvgIpc) is 2.41. The van der Waals surface area contributed by atoms with Crippen molar-refractivity contribution in [2.45, 2.75) is 32.9 Å². The molecule has 0 aliphatic rings. The van der Waals surface area contributed by atoms with Crippen LogP contribution < -0.4 is 10.1 Å². The zero-order valence-corrected chi connectivity index (χ0v) is 13.3. The molecule has 4 nitrogen and oxygen atoms in total. The molecule has 0 aliphatic carbocycles. The maximum Gasteiger partial charge on any atom is 0.262 e. The lowest BCUT2D eigenvalue weighted by Crippen LogP contribution is -2.35. The van der Waals surface area contributed by atoms with Crippen molar-refractivity contribution in [3.8, 4) is 5.75 Å². The fraction of sp³-hybridized carbons (Fsp3) is 0.533. The topological polar surface area (TPSA) is 41.6 Å². The molecule has 0 saturated carbocycles. The number of likely N-dealkylation sites (N-methyl/N-ethyl adjacent to an activating group) is 1. The number of ether oxygens (including phenoxy) is 1. The summed E-state index contributed by atoms with van der Waals surface area (Å²) in [6, 6.07) is 5.63. The maximum absolute atomic E-state index is 11.7. The summed E-state index contributed by atoms with van der Waals surface area (Å²) in [4.78, 5) is 13.2. The largest absolute Gasteiger partial charge is 0.479 e. The van der Waals surface area contributed by atoms with Crippen LogP contribution in [0.5, 0.6) is 5.75 Å². The van der Waals surface area contributed by atoms with Gasteiger partial charge in [0.1, 0.15) is 5.75 Å². The van der Waals surface area contributed by atoms with Gasteiger partial charge in [-0.2, -0.15) is 0 Å². The molecule has 1 amide bonds. The van der Waals surface area contributed by atoms with Crippen LogP contribution in [-0.4, -0.2) is 37.6 Å². The van der Waals surface area contributed by atoms with Crippen LogP contribution in [0, 0.1) is 0 Å². The minimum absolute atomic E-state index is 0.0882. The Balaban J connectivity index is 2.66. The molecule has 0 aliphatic heterocycles. The third kappa shape index (κ3) is 5.02. The number of hydrogen-bond donors (Lipinski definition) is 1. The van der Waals surface area contributed by atoms with Crippen molar-refractivity contribution in [1.82, 2.24) is 10.2 Å². The number of hydrogen-bond acceptors (Lipinski definition) is 3. The number of nitrogens with one attached hydrogen (secondary N) is 1. The van der Waals surface area contributed by atoms with Gasteiger partial charge in [0.05, 0.1) is 5.02 Å². The first kappa shape index (κ1) is 16.8. The van der Waals surface area contributed by atoms with Gasteiger partial charge in [-0.25, -0.2) is 0 Å². The van der Waals surface area contributed by atoms with E-state index in [9.17, 15) is 4.79 Å². The highest BCUT2D eigenvalue weighted by atomic mass is 35.5. The van der Waals surface area contributed by atoms with Gasteiger partial charge in [0.25, 0.3) is 5.91 Å². The monoisotopic (exact) mass is 298 g/mol. The molecular weight excluding hydrogens is 276 g/mol. The molecule has 0 radical (unpaired) electrons. The van der Waals surface area contributed by atoms with Crippen LogP contribution in [0.15, 0.2) is 18.2 Å². The standard InChI is InChI=1S/C15H23ClN2O2/c1-5-8-17-10-12-6-7-14(13(16)9-12)20-11(2)15(19)18(3)4/h6-7,9,11,17H,5,8,10H2,1-4H3. The molecule has 112 valence electrons. The Morgan fingerprint density at radius 3 is 2.70 bits per heavy atom. The highest BCUT2D eigenvalue weighted by molar-refractivity contribution is 6.32. The van der Waals surface area contributed by atoms with Crippen LogP contribution in [0.2, 0.25) is 5.02 Å². The smallest absolute Gasteiger partial charge is 0.262 e. The predicted octanol–water partition coefficient (Wildman–Crippen LogP) is 2.70. The van der Waals surface area contributed by atoms with Gasteiger partial charge < -0.3 is 15.0 Å². The summed E-state index contributed by atoms with van der Waals surface area (Å²) in [5, 5.41) is 3.84. The molecule has 0 heterocycles. The lowest BCUT2D eigenvalue weighted by molar-refractivity contribution is -0.135. The van der Waals surface area contributed by atoms with Gasteiger partial charge in [0.15, 0.2) is 6.10 Å². The molecule has 1 unspecified atom stereocenters. The molecule has 1 rings (SSSR count). The summed E-state index contributed by atoms with van der Waals surface area (Å²) in [6.45, 7) is 5.60. The van der Waals surface area contributed by atoms with Crippen LogP contribution in [0.4, 0.5) is 0 Å². The molecule has 0 saturated heterocycles. The Labute approximate surface area is 126 Å². The first-order valence-corrected chi connectivity index (χ1v) is 7.20. The van der Waals surface area contributed by atoms with Crippen LogP contribution in [0.3, 0.4) is 0 Å². The Kier molecular flexibility index (Phi) is 6.82. The molecule has 0 aromatic heterocycles. The summed E-state index contributed by atoms with van der Waals surface area (Å²) in [5.74, 6) is 0.448. The predicted molar refractivity (Wildman–Crippen MR) is 82.2 cm³/mol. The van der Waals surface area contributed by atoms with Gasteiger partial charge in [-0.15, -0.1) is 0 Å². The van der Waals surface area contributed by atoms with Crippen molar-refractivity contribution >= 4 is 17.5 Å². The second kappa shape index (κ2) is 8.12. The highest BCUT2D eigenvalue weighted by Crippen LogP contribution is 2.26. The van der Waals surface area contributed by atoms with Crippen molar-refractivity contribution in [3.05, 3.63) is 28.8 Å². The molecule has 0 bridgehead atoms. The molecule has 0 spiro atoms. The maximum atomic E-state index is 11.7. The summed E-state index contributed by atoms with van der Waals surface area (Å²) in [6.07, 6.45) is 0.547. The minimum atomic E-state index is -0.549. The van der Waals surface area contributed by atoms with E-state index in [-0.39, 0.29) is 5.91 Å². The van der Waals surface area contributed by atoms with E-state index >= 15 is 0 Å². The van der Waals surface area contributed by atoms with Crippen molar-refractivity contribution in [3.63, 3.8) is 0 Å². The SMILES string of the molecule is CCCNCc1ccc(OC(C)C(=O)N(C)C)c(Cl)c1. The fourth-order valence-corrected chi connectivity index (χ4v) is 2.01. The van der Waals surface area contributed by atoms with Crippen molar-refractivity contribution in [2.24, 2.45) is 0 Å². The lowest BCUT2D eigenvalue weighted by atomic mass is 10.2.